The maximum Gasteiger partial charge on any atom is 0.169 e. The predicted octanol–water partition coefficient (Wildman–Crippen LogP) is 9.12. The molecular weight excluding hydrogens is 405 g/mol. The lowest BCUT2D eigenvalue weighted by Crippen LogP contribution is -2.13. The molecule has 0 saturated heterocycles. The van der Waals surface area contributed by atoms with Crippen molar-refractivity contribution in [1.29, 1.82) is 0 Å². The second kappa shape index (κ2) is 9.94. The molecule has 3 heteroatoms. The van der Waals surface area contributed by atoms with Gasteiger partial charge in [-0.3, -0.25) is 0 Å². The molecule has 1 aliphatic carbocycles. The minimum absolute atomic E-state index is 0.266. The molecule has 0 heterocycles. The van der Waals surface area contributed by atoms with Gasteiger partial charge in [0, 0.05) is 5.56 Å². The van der Waals surface area contributed by atoms with Crippen LogP contribution in [0.2, 0.25) is 0 Å². The van der Waals surface area contributed by atoms with Gasteiger partial charge in [0.1, 0.15) is 5.82 Å². The van der Waals surface area contributed by atoms with Gasteiger partial charge in [0.2, 0.25) is 0 Å². The van der Waals surface area contributed by atoms with E-state index >= 15 is 4.39 Å². The molecule has 0 radical (unpaired) electrons. The number of allylic oxidation sites excluding steroid dienone is 2. The SMILES string of the molecule is C/C=C/CCC1CCC(c2ccc(-c3ccc4cc(CC)c(F)c(F)c4c3F)cc2)CC1. The molecule has 0 bridgehead atoms. The average Bonchev–Trinajstić information content (AvgIpc) is 2.82. The van der Waals surface area contributed by atoms with Gasteiger partial charge >= 0.3 is 0 Å². The zero-order chi connectivity index (χ0) is 22.7. The highest BCUT2D eigenvalue weighted by molar-refractivity contribution is 5.89. The van der Waals surface area contributed by atoms with E-state index in [-0.39, 0.29) is 10.9 Å². The molecule has 0 amide bonds. The van der Waals surface area contributed by atoms with E-state index < -0.39 is 17.5 Å². The van der Waals surface area contributed by atoms with Crippen LogP contribution in [0.3, 0.4) is 0 Å². The summed E-state index contributed by atoms with van der Waals surface area (Å²) in [5.74, 6) is -1.38. The van der Waals surface area contributed by atoms with E-state index in [0.717, 1.165) is 5.92 Å². The second-order valence-corrected chi connectivity index (χ2v) is 9.03. The fourth-order valence-electron chi connectivity index (χ4n) is 5.13. The average molecular weight is 437 g/mol. The van der Waals surface area contributed by atoms with Crippen molar-refractivity contribution in [2.45, 2.75) is 64.7 Å². The lowest BCUT2D eigenvalue weighted by molar-refractivity contribution is 0.312. The Hall–Kier alpha value is -2.55. The minimum Gasteiger partial charge on any atom is -0.206 e. The van der Waals surface area contributed by atoms with Gasteiger partial charge in [-0.15, -0.1) is 0 Å². The zero-order valence-corrected chi connectivity index (χ0v) is 18.9. The van der Waals surface area contributed by atoms with Crippen LogP contribution in [0.25, 0.3) is 21.9 Å². The highest BCUT2D eigenvalue weighted by Crippen LogP contribution is 2.39. The second-order valence-electron chi connectivity index (χ2n) is 9.03. The Morgan fingerprint density at radius 2 is 1.59 bits per heavy atom. The van der Waals surface area contributed by atoms with Crippen LogP contribution in [0.4, 0.5) is 13.2 Å². The van der Waals surface area contributed by atoms with Gasteiger partial charge < -0.3 is 0 Å². The van der Waals surface area contributed by atoms with Crippen LogP contribution in [0.15, 0.2) is 54.6 Å². The summed E-state index contributed by atoms with van der Waals surface area (Å²) in [6.07, 6.45) is 12.1. The third-order valence-corrected chi connectivity index (χ3v) is 7.10. The third-order valence-electron chi connectivity index (χ3n) is 7.10. The van der Waals surface area contributed by atoms with Gasteiger partial charge in [0.05, 0.1) is 5.39 Å². The monoisotopic (exact) mass is 436 g/mol. The van der Waals surface area contributed by atoms with Gasteiger partial charge in [0.25, 0.3) is 0 Å². The summed E-state index contributed by atoms with van der Waals surface area (Å²) in [7, 11) is 0. The molecule has 168 valence electrons. The highest BCUT2D eigenvalue weighted by atomic mass is 19.2. The first kappa shape index (κ1) is 22.6. The van der Waals surface area contributed by atoms with E-state index in [9.17, 15) is 8.78 Å². The van der Waals surface area contributed by atoms with E-state index in [1.165, 1.54) is 44.1 Å². The number of hydrogen-bond acceptors (Lipinski definition) is 0. The Kier molecular flexibility index (Phi) is 7.03. The van der Waals surface area contributed by atoms with Crippen molar-refractivity contribution >= 4 is 10.8 Å². The summed E-state index contributed by atoms with van der Waals surface area (Å²) < 4.78 is 44.1. The molecular formula is C29H31F3. The van der Waals surface area contributed by atoms with Crippen molar-refractivity contribution in [3.8, 4) is 11.1 Å². The standard InChI is InChI=1S/C29H31F3/c1-3-5-6-7-19-8-10-21(11-9-19)22-12-14-23(15-13-22)25-17-16-24-18-20(4-2)27(30)29(32)26(24)28(25)31/h3,5,12-19,21H,4,6-11H2,1-2H3/b5-3+. The van der Waals surface area contributed by atoms with E-state index in [1.807, 2.05) is 12.1 Å². The van der Waals surface area contributed by atoms with Crippen LogP contribution in [0.5, 0.6) is 0 Å². The molecule has 32 heavy (non-hydrogen) atoms. The number of aryl methyl sites for hydroxylation is 1. The fourth-order valence-corrected chi connectivity index (χ4v) is 5.13. The number of fused-ring (bicyclic) bond motifs is 1. The first-order valence-electron chi connectivity index (χ1n) is 11.8. The zero-order valence-electron chi connectivity index (χ0n) is 18.9. The first-order valence-corrected chi connectivity index (χ1v) is 11.8. The van der Waals surface area contributed by atoms with E-state index in [0.29, 0.717) is 28.9 Å². The van der Waals surface area contributed by atoms with Crippen LogP contribution >= 0.6 is 0 Å². The van der Waals surface area contributed by atoms with Crippen molar-refractivity contribution < 1.29 is 13.2 Å². The molecule has 1 aliphatic rings. The van der Waals surface area contributed by atoms with E-state index in [1.54, 1.807) is 25.1 Å². The van der Waals surface area contributed by atoms with Crippen LogP contribution in [0.1, 0.15) is 69.4 Å². The Morgan fingerprint density at radius 3 is 2.25 bits per heavy atom. The molecule has 3 aromatic rings. The fraction of sp³-hybridized carbons (Fsp3) is 0.379. The molecule has 0 nitrogen and oxygen atoms in total. The Morgan fingerprint density at radius 1 is 0.875 bits per heavy atom. The smallest absolute Gasteiger partial charge is 0.169 e. The number of benzene rings is 3. The van der Waals surface area contributed by atoms with E-state index in [2.05, 4.69) is 31.2 Å². The molecule has 0 N–H and O–H groups in total. The molecule has 3 aromatic carbocycles. The Bertz CT molecular complexity index is 1100. The summed E-state index contributed by atoms with van der Waals surface area (Å²) in [6, 6.07) is 12.8. The molecule has 0 aromatic heterocycles. The third kappa shape index (κ3) is 4.48. The minimum atomic E-state index is -1.10. The van der Waals surface area contributed by atoms with Gasteiger partial charge in [-0.1, -0.05) is 55.5 Å². The van der Waals surface area contributed by atoms with Gasteiger partial charge in [-0.2, -0.15) is 0 Å². The normalized spacial score (nSPS) is 19.2. The lowest BCUT2D eigenvalue weighted by Gasteiger charge is -2.28. The molecule has 0 unspecified atom stereocenters. The first-order chi connectivity index (χ1) is 15.5. The Labute approximate surface area is 189 Å². The summed E-state index contributed by atoms with van der Waals surface area (Å²) in [5.41, 5.74) is 2.54. The molecule has 0 spiro atoms. The van der Waals surface area contributed by atoms with Crippen LogP contribution in [0, 0.1) is 23.4 Å². The highest BCUT2D eigenvalue weighted by Gasteiger charge is 2.22. The lowest BCUT2D eigenvalue weighted by atomic mass is 9.77. The number of hydrogen-bond donors (Lipinski definition) is 0. The van der Waals surface area contributed by atoms with Crippen molar-refractivity contribution in [2.75, 3.05) is 0 Å². The van der Waals surface area contributed by atoms with E-state index in [4.69, 9.17) is 0 Å². The molecule has 0 aliphatic heterocycles. The van der Waals surface area contributed by atoms with Crippen molar-refractivity contribution in [3.63, 3.8) is 0 Å². The molecule has 1 saturated carbocycles. The predicted molar refractivity (Wildman–Crippen MR) is 127 cm³/mol. The molecule has 4 rings (SSSR count). The summed E-state index contributed by atoms with van der Waals surface area (Å²) in [6.45, 7) is 3.83. The number of halogens is 3. The number of rotatable bonds is 6. The van der Waals surface area contributed by atoms with Gasteiger partial charge in [-0.05, 0) is 91.8 Å². The maximum atomic E-state index is 15.2. The van der Waals surface area contributed by atoms with Crippen LogP contribution < -0.4 is 0 Å². The maximum absolute atomic E-state index is 15.2. The van der Waals surface area contributed by atoms with Crippen molar-refractivity contribution in [3.05, 3.63) is 83.2 Å². The summed E-state index contributed by atoms with van der Waals surface area (Å²) >= 11 is 0. The summed E-state index contributed by atoms with van der Waals surface area (Å²) in [4.78, 5) is 0. The molecule has 1 fully saturated rings. The quantitative estimate of drug-likeness (QED) is 0.338. The summed E-state index contributed by atoms with van der Waals surface area (Å²) in [5, 5.41) is 0.127. The Balaban J connectivity index is 1.53. The van der Waals surface area contributed by atoms with Crippen molar-refractivity contribution in [1.82, 2.24) is 0 Å². The van der Waals surface area contributed by atoms with Crippen LogP contribution in [-0.4, -0.2) is 0 Å². The van der Waals surface area contributed by atoms with Gasteiger partial charge in [-0.25, -0.2) is 13.2 Å². The largest absolute Gasteiger partial charge is 0.206 e. The van der Waals surface area contributed by atoms with Crippen molar-refractivity contribution in [2.24, 2.45) is 5.92 Å². The van der Waals surface area contributed by atoms with Crippen LogP contribution in [-0.2, 0) is 6.42 Å². The topological polar surface area (TPSA) is 0 Å². The van der Waals surface area contributed by atoms with Gasteiger partial charge in [0.15, 0.2) is 11.6 Å². The molecule has 0 atom stereocenters.